The van der Waals surface area contributed by atoms with Crippen LogP contribution in [0, 0.1) is 17.2 Å². The molecule has 1 aromatic rings. The number of carbonyl (C=O) groups excluding carboxylic acids is 2. The van der Waals surface area contributed by atoms with Gasteiger partial charge in [0, 0.05) is 12.6 Å². The molecule has 0 aromatic heterocycles. The summed E-state index contributed by atoms with van der Waals surface area (Å²) in [6.45, 7) is 2.11. The SMILES string of the molecule is COc1cc(/C=C/C(=O)O[C@@H](C)C(=O)NCC2CCCCC2)ccc1OCC#N. The van der Waals surface area contributed by atoms with Crippen LogP contribution >= 0.6 is 0 Å². The van der Waals surface area contributed by atoms with E-state index >= 15 is 0 Å². The van der Waals surface area contributed by atoms with Gasteiger partial charge in [-0.2, -0.15) is 5.26 Å². The molecule has 1 aliphatic rings. The van der Waals surface area contributed by atoms with Crippen LogP contribution in [0.2, 0.25) is 0 Å². The summed E-state index contributed by atoms with van der Waals surface area (Å²) in [5.41, 5.74) is 0.692. The fraction of sp³-hybridized carbons (Fsp3) is 0.500. The van der Waals surface area contributed by atoms with Gasteiger partial charge in [-0.1, -0.05) is 25.3 Å². The van der Waals surface area contributed by atoms with E-state index in [0.717, 1.165) is 12.8 Å². The van der Waals surface area contributed by atoms with Gasteiger partial charge in [0.2, 0.25) is 0 Å². The third kappa shape index (κ3) is 7.49. The van der Waals surface area contributed by atoms with Crippen LogP contribution in [-0.4, -0.2) is 38.2 Å². The summed E-state index contributed by atoms with van der Waals surface area (Å²) in [5.74, 6) is 0.529. The van der Waals surface area contributed by atoms with Gasteiger partial charge in [0.1, 0.15) is 6.07 Å². The minimum atomic E-state index is -0.855. The zero-order valence-corrected chi connectivity index (χ0v) is 17.0. The van der Waals surface area contributed by atoms with E-state index in [1.165, 1.54) is 32.4 Å². The highest BCUT2D eigenvalue weighted by molar-refractivity contribution is 5.90. The van der Waals surface area contributed by atoms with Crippen LogP contribution in [0.4, 0.5) is 0 Å². The van der Waals surface area contributed by atoms with E-state index in [4.69, 9.17) is 19.5 Å². The molecule has 0 saturated heterocycles. The Morgan fingerprint density at radius 1 is 1.28 bits per heavy atom. The van der Waals surface area contributed by atoms with Crippen molar-refractivity contribution in [3.63, 3.8) is 0 Å². The van der Waals surface area contributed by atoms with Crippen LogP contribution in [-0.2, 0) is 14.3 Å². The predicted octanol–water partition coefficient (Wildman–Crippen LogP) is 3.24. The smallest absolute Gasteiger partial charge is 0.331 e. The van der Waals surface area contributed by atoms with Crippen molar-refractivity contribution in [3.8, 4) is 17.6 Å². The predicted molar refractivity (Wildman–Crippen MR) is 108 cm³/mol. The molecule has 0 unspecified atom stereocenters. The minimum absolute atomic E-state index is 0.0848. The average Bonchev–Trinajstić information content (AvgIpc) is 2.75. The summed E-state index contributed by atoms with van der Waals surface area (Å²) in [5, 5.41) is 11.5. The summed E-state index contributed by atoms with van der Waals surface area (Å²) in [7, 11) is 1.49. The first-order chi connectivity index (χ1) is 14.0. The molecule has 1 N–H and O–H groups in total. The van der Waals surface area contributed by atoms with Gasteiger partial charge < -0.3 is 19.5 Å². The first kappa shape index (κ1) is 22.3. The fourth-order valence-electron chi connectivity index (χ4n) is 3.23. The van der Waals surface area contributed by atoms with E-state index in [-0.39, 0.29) is 12.5 Å². The molecule has 7 heteroatoms. The highest BCUT2D eigenvalue weighted by Crippen LogP contribution is 2.28. The molecule has 7 nitrogen and oxygen atoms in total. The first-order valence-corrected chi connectivity index (χ1v) is 9.87. The van der Waals surface area contributed by atoms with Gasteiger partial charge in [-0.05, 0) is 49.5 Å². The molecule has 0 radical (unpaired) electrons. The highest BCUT2D eigenvalue weighted by atomic mass is 16.5. The Labute approximate surface area is 171 Å². The number of methoxy groups -OCH3 is 1. The van der Waals surface area contributed by atoms with Crippen LogP contribution in [0.3, 0.4) is 0 Å². The van der Waals surface area contributed by atoms with E-state index in [9.17, 15) is 9.59 Å². The van der Waals surface area contributed by atoms with E-state index in [1.54, 1.807) is 31.2 Å². The maximum Gasteiger partial charge on any atom is 0.331 e. The standard InChI is InChI=1S/C22H28N2O5/c1-16(22(26)24-15-18-6-4-3-5-7-18)29-21(25)11-9-17-8-10-19(28-13-12-23)20(14-17)27-2/h8-11,14,16,18H,3-7,13,15H2,1-2H3,(H,24,26)/b11-9+/t16-/m0/s1. The van der Waals surface area contributed by atoms with Crippen molar-refractivity contribution in [2.24, 2.45) is 5.92 Å². The van der Waals surface area contributed by atoms with Crippen molar-refractivity contribution >= 4 is 18.0 Å². The molecule has 29 heavy (non-hydrogen) atoms. The third-order valence-electron chi connectivity index (χ3n) is 4.84. The Balaban J connectivity index is 1.83. The van der Waals surface area contributed by atoms with Gasteiger partial charge in [-0.3, -0.25) is 4.79 Å². The summed E-state index contributed by atoms with van der Waals surface area (Å²) in [6.07, 6.45) is 7.94. The molecule has 2 rings (SSSR count). The molecule has 0 aliphatic heterocycles. The lowest BCUT2D eigenvalue weighted by atomic mass is 9.89. The largest absolute Gasteiger partial charge is 0.493 e. The third-order valence-corrected chi connectivity index (χ3v) is 4.84. The van der Waals surface area contributed by atoms with Crippen molar-refractivity contribution in [3.05, 3.63) is 29.8 Å². The van der Waals surface area contributed by atoms with E-state index < -0.39 is 12.1 Å². The van der Waals surface area contributed by atoms with Gasteiger partial charge in [-0.15, -0.1) is 0 Å². The monoisotopic (exact) mass is 400 g/mol. The van der Waals surface area contributed by atoms with E-state index in [2.05, 4.69) is 5.32 Å². The molecular weight excluding hydrogens is 372 g/mol. The minimum Gasteiger partial charge on any atom is -0.493 e. The van der Waals surface area contributed by atoms with Crippen LogP contribution in [0.15, 0.2) is 24.3 Å². The molecular formula is C22H28N2O5. The number of hydrogen-bond acceptors (Lipinski definition) is 6. The number of benzene rings is 1. The summed E-state index contributed by atoms with van der Waals surface area (Å²) < 4.78 is 15.7. The normalized spacial score (nSPS) is 15.3. The van der Waals surface area contributed by atoms with Crippen molar-refractivity contribution in [2.75, 3.05) is 20.3 Å². The summed E-state index contributed by atoms with van der Waals surface area (Å²) in [6, 6.07) is 6.95. The Morgan fingerprint density at radius 3 is 2.72 bits per heavy atom. The van der Waals surface area contributed by atoms with Crippen molar-refractivity contribution < 1.29 is 23.8 Å². The lowest BCUT2D eigenvalue weighted by molar-refractivity contribution is -0.150. The Bertz CT molecular complexity index is 763. The second-order valence-corrected chi connectivity index (χ2v) is 7.02. The van der Waals surface area contributed by atoms with Crippen molar-refractivity contribution in [1.29, 1.82) is 5.26 Å². The second-order valence-electron chi connectivity index (χ2n) is 7.02. The van der Waals surface area contributed by atoms with Crippen LogP contribution in [0.25, 0.3) is 6.08 Å². The fourth-order valence-corrected chi connectivity index (χ4v) is 3.23. The lowest BCUT2D eigenvalue weighted by Crippen LogP contribution is -2.38. The number of nitrogens with one attached hydrogen (secondary N) is 1. The Hall–Kier alpha value is -3.01. The molecule has 0 bridgehead atoms. The molecule has 0 heterocycles. The number of rotatable bonds is 9. The summed E-state index contributed by atoms with van der Waals surface area (Å²) in [4.78, 5) is 24.2. The van der Waals surface area contributed by atoms with Gasteiger partial charge in [0.15, 0.2) is 24.2 Å². The molecule has 1 fully saturated rings. The molecule has 1 saturated carbocycles. The van der Waals surface area contributed by atoms with E-state index in [0.29, 0.717) is 29.5 Å². The van der Waals surface area contributed by atoms with Gasteiger partial charge in [-0.25, -0.2) is 4.79 Å². The number of carbonyl (C=O) groups is 2. The highest BCUT2D eigenvalue weighted by Gasteiger charge is 2.19. The Kier molecular flexibility index (Phi) is 9.03. The van der Waals surface area contributed by atoms with Crippen LogP contribution in [0.1, 0.15) is 44.6 Å². The molecule has 0 spiro atoms. The molecule has 1 aliphatic carbocycles. The van der Waals surface area contributed by atoms with Gasteiger partial charge in [0.25, 0.3) is 5.91 Å². The van der Waals surface area contributed by atoms with Gasteiger partial charge in [0.05, 0.1) is 7.11 Å². The molecule has 1 aromatic carbocycles. The molecule has 156 valence electrons. The van der Waals surface area contributed by atoms with Crippen LogP contribution < -0.4 is 14.8 Å². The topological polar surface area (TPSA) is 97.7 Å². The summed E-state index contributed by atoms with van der Waals surface area (Å²) >= 11 is 0. The molecule has 1 amide bonds. The number of esters is 1. The zero-order valence-electron chi connectivity index (χ0n) is 17.0. The number of hydrogen-bond donors (Lipinski definition) is 1. The Morgan fingerprint density at radius 2 is 2.03 bits per heavy atom. The van der Waals surface area contributed by atoms with Crippen molar-refractivity contribution in [2.45, 2.75) is 45.1 Å². The first-order valence-electron chi connectivity index (χ1n) is 9.87. The van der Waals surface area contributed by atoms with E-state index in [1.807, 2.05) is 6.07 Å². The second kappa shape index (κ2) is 11.7. The molecule has 1 atom stereocenters. The lowest BCUT2D eigenvalue weighted by Gasteiger charge is -2.22. The van der Waals surface area contributed by atoms with Crippen LogP contribution in [0.5, 0.6) is 11.5 Å². The maximum atomic E-state index is 12.1. The maximum absolute atomic E-state index is 12.1. The number of nitrogens with zero attached hydrogens (tertiary/aromatic N) is 1. The number of amides is 1. The zero-order chi connectivity index (χ0) is 21.1. The number of ether oxygens (including phenoxy) is 3. The average molecular weight is 400 g/mol. The van der Waals surface area contributed by atoms with Gasteiger partial charge >= 0.3 is 5.97 Å². The van der Waals surface area contributed by atoms with Crippen molar-refractivity contribution in [1.82, 2.24) is 5.32 Å². The quantitative estimate of drug-likeness (QED) is 0.505. The number of nitriles is 1.